The van der Waals surface area contributed by atoms with Crippen LogP contribution < -0.4 is 10.6 Å². The summed E-state index contributed by atoms with van der Waals surface area (Å²) in [5.41, 5.74) is 5.80. The van der Waals surface area contributed by atoms with E-state index in [0.717, 1.165) is 12.5 Å². The maximum atomic E-state index is 13.2. The minimum Gasteiger partial charge on any atom is -0.365 e. The van der Waals surface area contributed by atoms with Crippen molar-refractivity contribution in [3.63, 3.8) is 0 Å². The molecule has 6 heteroatoms. The molecule has 0 amide bonds. The Morgan fingerprint density at radius 2 is 2.10 bits per heavy atom. The third kappa shape index (κ3) is 4.16. The summed E-state index contributed by atoms with van der Waals surface area (Å²) in [5, 5.41) is 11.1. The SMILES string of the molecule is CCCN(CC(C)(C)CN)c1ccc(F)cc1[N+](=O)[O-]. The molecule has 1 aromatic carbocycles. The molecule has 0 saturated heterocycles. The van der Waals surface area contributed by atoms with Gasteiger partial charge in [-0.1, -0.05) is 20.8 Å². The van der Waals surface area contributed by atoms with Gasteiger partial charge in [0.2, 0.25) is 0 Å². The van der Waals surface area contributed by atoms with Crippen LogP contribution in [0.3, 0.4) is 0 Å². The molecule has 1 aromatic rings. The summed E-state index contributed by atoms with van der Waals surface area (Å²) in [4.78, 5) is 12.5. The lowest BCUT2D eigenvalue weighted by Gasteiger charge is -2.33. The van der Waals surface area contributed by atoms with Crippen LogP contribution in [0.4, 0.5) is 15.8 Å². The second-order valence-electron chi connectivity index (χ2n) is 5.68. The van der Waals surface area contributed by atoms with Crippen molar-refractivity contribution in [1.29, 1.82) is 0 Å². The van der Waals surface area contributed by atoms with Gasteiger partial charge in [0.25, 0.3) is 5.69 Å². The molecule has 0 spiro atoms. The van der Waals surface area contributed by atoms with Crippen molar-refractivity contribution in [2.45, 2.75) is 27.2 Å². The lowest BCUT2D eigenvalue weighted by atomic mass is 9.92. The third-order valence-electron chi connectivity index (χ3n) is 3.14. The van der Waals surface area contributed by atoms with Crippen molar-refractivity contribution in [1.82, 2.24) is 0 Å². The van der Waals surface area contributed by atoms with E-state index in [0.29, 0.717) is 25.3 Å². The molecule has 0 heterocycles. The molecule has 5 nitrogen and oxygen atoms in total. The van der Waals surface area contributed by atoms with Gasteiger partial charge >= 0.3 is 0 Å². The number of halogens is 1. The van der Waals surface area contributed by atoms with Gasteiger partial charge in [-0.25, -0.2) is 4.39 Å². The second kappa shape index (κ2) is 6.65. The van der Waals surface area contributed by atoms with Crippen LogP contribution in [0.5, 0.6) is 0 Å². The summed E-state index contributed by atoms with van der Waals surface area (Å²) in [6, 6.07) is 3.68. The molecule has 0 saturated carbocycles. The van der Waals surface area contributed by atoms with E-state index in [2.05, 4.69) is 0 Å². The molecule has 1 rings (SSSR count). The van der Waals surface area contributed by atoms with Gasteiger partial charge in [-0.3, -0.25) is 10.1 Å². The van der Waals surface area contributed by atoms with Gasteiger partial charge in [0, 0.05) is 13.1 Å². The molecule has 2 N–H and O–H groups in total. The van der Waals surface area contributed by atoms with Gasteiger partial charge in [0.1, 0.15) is 11.5 Å². The number of hydrogen-bond donors (Lipinski definition) is 1. The van der Waals surface area contributed by atoms with Crippen LogP contribution in [0.2, 0.25) is 0 Å². The Labute approximate surface area is 118 Å². The summed E-state index contributed by atoms with van der Waals surface area (Å²) in [7, 11) is 0. The van der Waals surface area contributed by atoms with E-state index in [1.165, 1.54) is 12.1 Å². The molecule has 0 fully saturated rings. The van der Waals surface area contributed by atoms with Gasteiger partial charge < -0.3 is 10.6 Å². The van der Waals surface area contributed by atoms with E-state index in [1.807, 2.05) is 25.7 Å². The van der Waals surface area contributed by atoms with Crippen molar-refractivity contribution in [2.24, 2.45) is 11.1 Å². The highest BCUT2D eigenvalue weighted by molar-refractivity contribution is 5.63. The summed E-state index contributed by atoms with van der Waals surface area (Å²) >= 11 is 0. The lowest BCUT2D eigenvalue weighted by Crippen LogP contribution is -2.39. The summed E-state index contributed by atoms with van der Waals surface area (Å²) in [5.74, 6) is -0.602. The Hall–Kier alpha value is -1.69. The zero-order chi connectivity index (χ0) is 15.3. The monoisotopic (exact) mass is 283 g/mol. The van der Waals surface area contributed by atoms with Gasteiger partial charge in [-0.2, -0.15) is 0 Å². The largest absolute Gasteiger partial charge is 0.365 e. The lowest BCUT2D eigenvalue weighted by molar-refractivity contribution is -0.384. The van der Waals surface area contributed by atoms with E-state index in [-0.39, 0.29) is 11.1 Å². The Kier molecular flexibility index (Phi) is 5.44. The first-order chi connectivity index (χ1) is 9.30. The molecule has 0 aliphatic rings. The fraction of sp³-hybridized carbons (Fsp3) is 0.571. The molecule has 112 valence electrons. The second-order valence-corrected chi connectivity index (χ2v) is 5.68. The molecule has 0 bridgehead atoms. The minimum absolute atomic E-state index is 0.169. The van der Waals surface area contributed by atoms with Crippen LogP contribution >= 0.6 is 0 Å². The Balaban J connectivity index is 3.17. The van der Waals surface area contributed by atoms with E-state index >= 15 is 0 Å². The van der Waals surface area contributed by atoms with Crippen molar-refractivity contribution in [3.05, 3.63) is 34.1 Å². The molecule has 0 atom stereocenters. The first-order valence-electron chi connectivity index (χ1n) is 6.69. The maximum Gasteiger partial charge on any atom is 0.295 e. The van der Waals surface area contributed by atoms with Crippen molar-refractivity contribution in [2.75, 3.05) is 24.5 Å². The predicted octanol–water partition coefficient (Wildman–Crippen LogP) is 2.94. The quantitative estimate of drug-likeness (QED) is 0.617. The molecular formula is C14H22FN3O2. The van der Waals surface area contributed by atoms with Gasteiger partial charge in [0.05, 0.1) is 11.0 Å². The summed E-state index contributed by atoms with van der Waals surface area (Å²) in [6.45, 7) is 7.73. The Morgan fingerprint density at radius 3 is 2.60 bits per heavy atom. The Bertz CT molecular complexity index is 477. The summed E-state index contributed by atoms with van der Waals surface area (Å²) in [6.07, 6.45) is 0.842. The van der Waals surface area contributed by atoms with Crippen molar-refractivity contribution >= 4 is 11.4 Å². The highest BCUT2D eigenvalue weighted by Gasteiger charge is 2.25. The fourth-order valence-electron chi connectivity index (χ4n) is 2.05. The van der Waals surface area contributed by atoms with Crippen LogP contribution in [-0.4, -0.2) is 24.6 Å². The molecule has 0 unspecified atom stereocenters. The van der Waals surface area contributed by atoms with E-state index in [9.17, 15) is 14.5 Å². The highest BCUT2D eigenvalue weighted by atomic mass is 19.1. The van der Waals surface area contributed by atoms with Gasteiger partial charge in [-0.05, 0) is 30.5 Å². The first kappa shape index (κ1) is 16.4. The predicted molar refractivity (Wildman–Crippen MR) is 78.4 cm³/mol. The molecule has 0 radical (unpaired) electrons. The number of rotatable bonds is 7. The molecule has 0 aliphatic carbocycles. The number of nitrogens with two attached hydrogens (primary N) is 1. The van der Waals surface area contributed by atoms with E-state index in [1.54, 1.807) is 0 Å². The maximum absolute atomic E-state index is 13.2. The standard InChI is InChI=1S/C14H22FN3O2/c1-4-7-17(10-14(2,3)9-16)12-6-5-11(15)8-13(12)18(19)20/h5-6,8H,4,7,9-10,16H2,1-3H3. The zero-order valence-corrected chi connectivity index (χ0v) is 12.2. The number of benzene rings is 1. The average molecular weight is 283 g/mol. The third-order valence-corrected chi connectivity index (χ3v) is 3.14. The minimum atomic E-state index is -0.602. The molecular weight excluding hydrogens is 261 g/mol. The smallest absolute Gasteiger partial charge is 0.295 e. The van der Waals surface area contributed by atoms with Crippen molar-refractivity contribution in [3.8, 4) is 0 Å². The number of nitro groups is 1. The van der Waals surface area contributed by atoms with E-state index in [4.69, 9.17) is 5.73 Å². The summed E-state index contributed by atoms with van der Waals surface area (Å²) < 4.78 is 13.2. The number of anilines is 1. The number of nitrogens with zero attached hydrogens (tertiary/aromatic N) is 2. The number of hydrogen-bond acceptors (Lipinski definition) is 4. The van der Waals surface area contributed by atoms with Crippen LogP contribution in [0.15, 0.2) is 18.2 Å². The van der Waals surface area contributed by atoms with Gasteiger partial charge in [0.15, 0.2) is 0 Å². The van der Waals surface area contributed by atoms with Crippen LogP contribution in [0.1, 0.15) is 27.2 Å². The average Bonchev–Trinajstić information content (AvgIpc) is 2.38. The van der Waals surface area contributed by atoms with Gasteiger partial charge in [-0.15, -0.1) is 0 Å². The van der Waals surface area contributed by atoms with Crippen LogP contribution in [0, 0.1) is 21.3 Å². The van der Waals surface area contributed by atoms with E-state index < -0.39 is 10.7 Å². The topological polar surface area (TPSA) is 72.4 Å². The highest BCUT2D eigenvalue weighted by Crippen LogP contribution is 2.31. The normalized spacial score (nSPS) is 11.4. The zero-order valence-electron chi connectivity index (χ0n) is 12.2. The molecule has 0 aliphatic heterocycles. The first-order valence-corrected chi connectivity index (χ1v) is 6.69. The van der Waals surface area contributed by atoms with Crippen molar-refractivity contribution < 1.29 is 9.31 Å². The fourth-order valence-corrected chi connectivity index (χ4v) is 2.05. The Morgan fingerprint density at radius 1 is 1.45 bits per heavy atom. The molecule has 20 heavy (non-hydrogen) atoms. The van der Waals surface area contributed by atoms with Crippen LogP contribution in [0.25, 0.3) is 0 Å². The molecule has 0 aromatic heterocycles. The number of nitro benzene ring substituents is 1. The van der Waals surface area contributed by atoms with Crippen LogP contribution in [-0.2, 0) is 0 Å².